The number of hydrogen-bond acceptors (Lipinski definition) is 4. The number of rotatable bonds is 9. The van der Waals surface area contributed by atoms with Crippen molar-refractivity contribution in [3.05, 3.63) is 29.8 Å². The number of methoxy groups -OCH3 is 1. The van der Waals surface area contributed by atoms with Crippen LogP contribution in [-0.4, -0.2) is 39.4 Å². The van der Waals surface area contributed by atoms with Gasteiger partial charge in [0.1, 0.15) is 18.2 Å². The molecule has 0 amide bonds. The van der Waals surface area contributed by atoms with E-state index < -0.39 is 0 Å². The molecule has 100 valence electrons. The van der Waals surface area contributed by atoms with Crippen molar-refractivity contribution in [2.24, 2.45) is 5.73 Å². The van der Waals surface area contributed by atoms with Crippen molar-refractivity contribution in [2.75, 3.05) is 33.5 Å². The van der Waals surface area contributed by atoms with Crippen molar-refractivity contribution in [3.63, 3.8) is 0 Å². The van der Waals surface area contributed by atoms with Crippen molar-refractivity contribution in [1.29, 1.82) is 5.41 Å². The van der Waals surface area contributed by atoms with Crippen LogP contribution in [0.1, 0.15) is 12.0 Å². The highest BCUT2D eigenvalue weighted by atomic mass is 16.5. The highest BCUT2D eigenvalue weighted by molar-refractivity contribution is 5.97. The molecule has 3 N–H and O–H groups in total. The van der Waals surface area contributed by atoms with Crippen LogP contribution < -0.4 is 10.5 Å². The number of ether oxygens (including phenoxy) is 3. The lowest BCUT2D eigenvalue weighted by atomic mass is 10.2. The average molecular weight is 252 g/mol. The van der Waals surface area contributed by atoms with Gasteiger partial charge in [0.2, 0.25) is 0 Å². The van der Waals surface area contributed by atoms with Crippen molar-refractivity contribution in [2.45, 2.75) is 6.42 Å². The maximum atomic E-state index is 7.42. The third-order valence-corrected chi connectivity index (χ3v) is 2.30. The number of nitrogens with two attached hydrogens (primary N) is 1. The van der Waals surface area contributed by atoms with E-state index in [-0.39, 0.29) is 5.84 Å². The summed E-state index contributed by atoms with van der Waals surface area (Å²) in [5.41, 5.74) is 6.07. The van der Waals surface area contributed by atoms with Crippen molar-refractivity contribution >= 4 is 5.84 Å². The van der Waals surface area contributed by atoms with Gasteiger partial charge in [-0.05, 0) is 18.6 Å². The fourth-order valence-electron chi connectivity index (χ4n) is 1.43. The maximum absolute atomic E-state index is 7.42. The molecule has 0 aliphatic carbocycles. The molecule has 0 radical (unpaired) electrons. The van der Waals surface area contributed by atoms with E-state index in [2.05, 4.69) is 0 Å². The first-order chi connectivity index (χ1) is 8.75. The molecular formula is C13H20N2O3. The van der Waals surface area contributed by atoms with Gasteiger partial charge in [-0.1, -0.05) is 12.1 Å². The molecule has 0 saturated heterocycles. The third kappa shape index (κ3) is 5.16. The Morgan fingerprint density at radius 2 is 1.94 bits per heavy atom. The zero-order chi connectivity index (χ0) is 13.2. The molecule has 0 aromatic heterocycles. The molecule has 5 heteroatoms. The topological polar surface area (TPSA) is 77.6 Å². The van der Waals surface area contributed by atoms with E-state index in [4.69, 9.17) is 25.4 Å². The highest BCUT2D eigenvalue weighted by Gasteiger charge is 2.04. The monoisotopic (exact) mass is 252 g/mol. The summed E-state index contributed by atoms with van der Waals surface area (Å²) in [6.07, 6.45) is 0.876. The van der Waals surface area contributed by atoms with E-state index in [1.165, 1.54) is 0 Å². The summed E-state index contributed by atoms with van der Waals surface area (Å²) in [5, 5.41) is 7.42. The van der Waals surface area contributed by atoms with Crippen LogP contribution in [0.2, 0.25) is 0 Å². The molecule has 1 aromatic carbocycles. The molecule has 0 aliphatic rings. The van der Waals surface area contributed by atoms with Gasteiger partial charge in [0, 0.05) is 20.3 Å². The molecule has 18 heavy (non-hydrogen) atoms. The molecule has 0 spiro atoms. The van der Waals surface area contributed by atoms with Crippen molar-refractivity contribution in [1.82, 2.24) is 0 Å². The maximum Gasteiger partial charge on any atom is 0.130 e. The van der Waals surface area contributed by atoms with E-state index >= 15 is 0 Å². The Balaban J connectivity index is 2.25. The Morgan fingerprint density at radius 1 is 1.17 bits per heavy atom. The molecule has 0 fully saturated rings. The summed E-state index contributed by atoms with van der Waals surface area (Å²) in [7, 11) is 1.67. The van der Waals surface area contributed by atoms with E-state index in [1.54, 1.807) is 19.2 Å². The molecule has 0 saturated carbocycles. The molecular weight excluding hydrogens is 232 g/mol. The van der Waals surface area contributed by atoms with Crippen LogP contribution in [0.4, 0.5) is 0 Å². The molecule has 0 unspecified atom stereocenters. The standard InChI is InChI=1S/C13H20N2O3/c1-16-7-4-8-17-9-10-18-12-6-3-2-5-11(12)13(14)15/h2-3,5-6H,4,7-10H2,1H3,(H3,14,15). The quantitative estimate of drug-likeness (QED) is 0.395. The van der Waals surface area contributed by atoms with E-state index in [0.717, 1.165) is 6.42 Å². The second kappa shape index (κ2) is 8.49. The van der Waals surface area contributed by atoms with Gasteiger partial charge in [0.15, 0.2) is 0 Å². The highest BCUT2D eigenvalue weighted by Crippen LogP contribution is 2.16. The largest absolute Gasteiger partial charge is 0.490 e. The number of benzene rings is 1. The summed E-state index contributed by atoms with van der Waals surface area (Å²) in [4.78, 5) is 0. The predicted octanol–water partition coefficient (Wildman–Crippen LogP) is 1.40. The van der Waals surface area contributed by atoms with Gasteiger partial charge in [0.25, 0.3) is 0 Å². The normalized spacial score (nSPS) is 10.3. The summed E-state index contributed by atoms with van der Waals surface area (Å²) < 4.78 is 15.8. The number of nitrogens with one attached hydrogen (secondary N) is 1. The van der Waals surface area contributed by atoms with Crippen molar-refractivity contribution < 1.29 is 14.2 Å². The molecule has 1 aromatic rings. The van der Waals surface area contributed by atoms with Crippen LogP contribution >= 0.6 is 0 Å². The molecule has 0 atom stereocenters. The average Bonchev–Trinajstić information content (AvgIpc) is 2.38. The minimum absolute atomic E-state index is 0.00612. The van der Waals surface area contributed by atoms with Crippen molar-refractivity contribution in [3.8, 4) is 5.75 Å². The first-order valence-electron chi connectivity index (χ1n) is 5.88. The smallest absolute Gasteiger partial charge is 0.130 e. The molecule has 1 rings (SSSR count). The molecule has 5 nitrogen and oxygen atoms in total. The van der Waals surface area contributed by atoms with Crippen LogP contribution in [0, 0.1) is 5.41 Å². The Kier molecular flexibility index (Phi) is 6.83. The third-order valence-electron chi connectivity index (χ3n) is 2.30. The lowest BCUT2D eigenvalue weighted by Crippen LogP contribution is -2.15. The molecule has 0 aliphatic heterocycles. The van der Waals surface area contributed by atoms with E-state index in [1.807, 2.05) is 12.1 Å². The SMILES string of the molecule is COCCCOCCOc1ccccc1C(=N)N. The van der Waals surface area contributed by atoms with E-state index in [9.17, 15) is 0 Å². The van der Waals surface area contributed by atoms with Gasteiger partial charge < -0.3 is 19.9 Å². The van der Waals surface area contributed by atoms with Crippen LogP contribution in [0.25, 0.3) is 0 Å². The summed E-state index contributed by atoms with van der Waals surface area (Å²) in [5.74, 6) is 0.622. The first kappa shape index (κ1) is 14.5. The van der Waals surface area contributed by atoms with Crippen LogP contribution in [-0.2, 0) is 9.47 Å². The van der Waals surface area contributed by atoms with Gasteiger partial charge in [-0.25, -0.2) is 0 Å². The Bertz CT molecular complexity index is 369. The number of nitrogen functional groups attached to an aromatic ring is 1. The summed E-state index contributed by atoms with van der Waals surface area (Å²) in [6, 6.07) is 7.23. The minimum Gasteiger partial charge on any atom is -0.490 e. The zero-order valence-corrected chi connectivity index (χ0v) is 10.6. The molecule has 0 heterocycles. The summed E-state index contributed by atoms with van der Waals surface area (Å²) >= 11 is 0. The zero-order valence-electron chi connectivity index (χ0n) is 10.6. The lowest BCUT2D eigenvalue weighted by Gasteiger charge is -2.10. The van der Waals surface area contributed by atoms with Gasteiger partial charge in [-0.3, -0.25) is 5.41 Å². The predicted molar refractivity (Wildman–Crippen MR) is 70.3 cm³/mol. The Labute approximate surface area is 107 Å². The van der Waals surface area contributed by atoms with Gasteiger partial charge in [-0.15, -0.1) is 0 Å². The second-order valence-corrected chi connectivity index (χ2v) is 3.72. The number of amidine groups is 1. The van der Waals surface area contributed by atoms with Crippen LogP contribution in [0.15, 0.2) is 24.3 Å². The Hall–Kier alpha value is -1.59. The molecule has 0 bridgehead atoms. The fraction of sp³-hybridized carbons (Fsp3) is 0.462. The van der Waals surface area contributed by atoms with Crippen LogP contribution in [0.5, 0.6) is 5.75 Å². The number of hydrogen-bond donors (Lipinski definition) is 2. The second-order valence-electron chi connectivity index (χ2n) is 3.72. The van der Waals surface area contributed by atoms with Crippen LogP contribution in [0.3, 0.4) is 0 Å². The first-order valence-corrected chi connectivity index (χ1v) is 5.88. The minimum atomic E-state index is 0.00612. The van der Waals surface area contributed by atoms with Gasteiger partial charge in [0.05, 0.1) is 12.2 Å². The van der Waals surface area contributed by atoms with Gasteiger partial charge >= 0.3 is 0 Å². The fourth-order valence-corrected chi connectivity index (χ4v) is 1.43. The van der Waals surface area contributed by atoms with Gasteiger partial charge in [-0.2, -0.15) is 0 Å². The lowest BCUT2D eigenvalue weighted by molar-refractivity contribution is 0.0806. The Morgan fingerprint density at radius 3 is 2.67 bits per heavy atom. The number of para-hydroxylation sites is 1. The summed E-state index contributed by atoms with van der Waals surface area (Å²) in [6.45, 7) is 2.31. The van der Waals surface area contributed by atoms with E-state index in [0.29, 0.717) is 37.7 Å².